The molecule has 3 aromatic rings. The van der Waals surface area contributed by atoms with E-state index in [4.69, 9.17) is 4.74 Å². The smallest absolute Gasteiger partial charge is 0.296 e. The van der Waals surface area contributed by atoms with Crippen LogP contribution < -0.4 is 15.0 Å². The van der Waals surface area contributed by atoms with Crippen LogP contribution in [-0.4, -0.2) is 29.8 Å². The second-order valence-electron chi connectivity index (χ2n) is 7.09. The van der Waals surface area contributed by atoms with Gasteiger partial charge < -0.3 is 4.74 Å². The molecule has 3 rings (SSSR count). The minimum atomic E-state index is -4.38. The van der Waals surface area contributed by atoms with E-state index in [1.807, 2.05) is 13.8 Å². The van der Waals surface area contributed by atoms with Gasteiger partial charge in [-0.3, -0.25) is 24.3 Å². The molecule has 0 saturated heterocycles. The molecule has 0 radical (unpaired) electrons. The molecule has 0 unspecified atom stereocenters. The molecule has 0 saturated carbocycles. The Kier molecular flexibility index (Phi) is 5.89. The van der Waals surface area contributed by atoms with E-state index in [0.717, 1.165) is 12.1 Å². The lowest BCUT2D eigenvalue weighted by Crippen LogP contribution is -2.23. The fourth-order valence-corrected chi connectivity index (χ4v) is 4.68. The van der Waals surface area contributed by atoms with E-state index in [-0.39, 0.29) is 17.4 Å². The molecular formula is C20H22N4O6S. The van der Waals surface area contributed by atoms with Gasteiger partial charge in [-0.15, -0.1) is 0 Å². The molecule has 0 aliphatic rings. The SMILES string of the molecule is COc1ccc([N+](=O)[O-])cc1S(=O)(=O)Nc1c(C(C)C)n(C)n(-c2ccccc2)c1=O. The fraction of sp³-hybridized carbons (Fsp3) is 0.250. The van der Waals surface area contributed by atoms with Crippen LogP contribution in [-0.2, 0) is 17.1 Å². The highest BCUT2D eigenvalue weighted by atomic mass is 32.2. The lowest BCUT2D eigenvalue weighted by atomic mass is 10.1. The Morgan fingerprint density at radius 1 is 1.13 bits per heavy atom. The number of aromatic nitrogens is 2. The molecule has 0 atom stereocenters. The average Bonchev–Trinajstić information content (AvgIpc) is 2.97. The molecule has 164 valence electrons. The van der Waals surface area contributed by atoms with E-state index in [9.17, 15) is 23.3 Å². The Morgan fingerprint density at radius 3 is 2.32 bits per heavy atom. The van der Waals surface area contributed by atoms with E-state index < -0.39 is 31.1 Å². The number of para-hydroxylation sites is 1. The standard InChI is InChI=1S/C20H22N4O6S/c1-13(2)19-18(20(25)23(22(19)3)14-8-6-5-7-9-14)21-31(28,29)17-12-15(24(26)27)10-11-16(17)30-4/h5-13,21H,1-4H3. The quantitative estimate of drug-likeness (QED) is 0.439. The van der Waals surface area contributed by atoms with Gasteiger partial charge in [0.2, 0.25) is 0 Å². The second-order valence-corrected chi connectivity index (χ2v) is 8.74. The summed E-state index contributed by atoms with van der Waals surface area (Å²) in [5, 5.41) is 11.1. The second kappa shape index (κ2) is 8.26. The number of anilines is 1. The summed E-state index contributed by atoms with van der Waals surface area (Å²) in [5.41, 5.74) is -0.0857. The minimum Gasteiger partial charge on any atom is -0.495 e. The summed E-state index contributed by atoms with van der Waals surface area (Å²) in [4.78, 5) is 23.2. The van der Waals surface area contributed by atoms with Gasteiger partial charge in [-0.2, -0.15) is 0 Å². The first-order valence-corrected chi connectivity index (χ1v) is 10.8. The van der Waals surface area contributed by atoms with Crippen molar-refractivity contribution in [2.75, 3.05) is 11.8 Å². The highest BCUT2D eigenvalue weighted by Crippen LogP contribution is 2.31. The van der Waals surface area contributed by atoms with Gasteiger partial charge in [0, 0.05) is 19.2 Å². The molecule has 10 nitrogen and oxygen atoms in total. The summed E-state index contributed by atoms with van der Waals surface area (Å²) in [6.07, 6.45) is 0. The highest BCUT2D eigenvalue weighted by Gasteiger charge is 2.29. The summed E-state index contributed by atoms with van der Waals surface area (Å²) in [6.45, 7) is 3.66. The van der Waals surface area contributed by atoms with E-state index in [1.54, 1.807) is 42.1 Å². The van der Waals surface area contributed by atoms with E-state index >= 15 is 0 Å². The molecule has 1 aromatic heterocycles. The van der Waals surface area contributed by atoms with Crippen LogP contribution in [0, 0.1) is 10.1 Å². The van der Waals surface area contributed by atoms with Crippen molar-refractivity contribution in [1.29, 1.82) is 0 Å². The maximum atomic E-state index is 13.2. The number of nitro groups is 1. The maximum Gasteiger partial charge on any atom is 0.296 e. The summed E-state index contributed by atoms with van der Waals surface area (Å²) in [5.74, 6) is -0.282. The average molecular weight is 446 g/mol. The van der Waals surface area contributed by atoms with E-state index in [2.05, 4.69) is 4.72 Å². The van der Waals surface area contributed by atoms with Gasteiger partial charge in [-0.05, 0) is 24.1 Å². The number of benzene rings is 2. The molecule has 0 fully saturated rings. The zero-order chi connectivity index (χ0) is 22.9. The van der Waals surface area contributed by atoms with Crippen LogP contribution in [0.1, 0.15) is 25.5 Å². The van der Waals surface area contributed by atoms with Gasteiger partial charge in [0.25, 0.3) is 21.3 Å². The number of nitro benzene ring substituents is 1. The van der Waals surface area contributed by atoms with Crippen molar-refractivity contribution in [3.63, 3.8) is 0 Å². The number of nitrogens with one attached hydrogen (secondary N) is 1. The molecule has 2 aromatic carbocycles. The zero-order valence-corrected chi connectivity index (χ0v) is 18.2. The molecule has 0 amide bonds. The Bertz CT molecular complexity index is 1290. The van der Waals surface area contributed by atoms with Gasteiger partial charge in [0.1, 0.15) is 16.3 Å². The summed E-state index contributed by atoms with van der Waals surface area (Å²) >= 11 is 0. The summed E-state index contributed by atoms with van der Waals surface area (Å²) in [7, 11) is -1.47. The number of sulfonamides is 1. The summed E-state index contributed by atoms with van der Waals surface area (Å²) < 4.78 is 36.7. The van der Waals surface area contributed by atoms with Crippen molar-refractivity contribution in [1.82, 2.24) is 9.36 Å². The third-order valence-corrected chi connectivity index (χ3v) is 6.11. The van der Waals surface area contributed by atoms with E-state index in [1.165, 1.54) is 17.9 Å². The molecular weight excluding hydrogens is 424 g/mol. The Morgan fingerprint density at radius 2 is 1.77 bits per heavy atom. The number of methoxy groups -OCH3 is 1. The van der Waals surface area contributed by atoms with Crippen LogP contribution in [0.15, 0.2) is 58.2 Å². The Balaban J connectivity index is 2.20. The lowest BCUT2D eigenvalue weighted by Gasteiger charge is -2.14. The third kappa shape index (κ3) is 4.04. The van der Waals surface area contributed by atoms with Crippen molar-refractivity contribution in [3.05, 3.63) is 74.7 Å². The summed E-state index contributed by atoms with van der Waals surface area (Å²) in [6, 6.07) is 12.0. The van der Waals surface area contributed by atoms with Gasteiger partial charge in [0.15, 0.2) is 0 Å². The first-order valence-electron chi connectivity index (χ1n) is 9.31. The third-order valence-electron chi connectivity index (χ3n) is 4.74. The van der Waals surface area contributed by atoms with Crippen molar-refractivity contribution in [2.24, 2.45) is 7.05 Å². The molecule has 0 bridgehead atoms. The zero-order valence-electron chi connectivity index (χ0n) is 17.4. The normalized spacial score (nSPS) is 11.5. The van der Waals surface area contributed by atoms with Gasteiger partial charge in [-0.1, -0.05) is 32.0 Å². The first-order chi connectivity index (χ1) is 14.6. The van der Waals surface area contributed by atoms with Crippen LogP contribution in [0.5, 0.6) is 5.75 Å². The van der Waals surface area contributed by atoms with Crippen molar-refractivity contribution in [3.8, 4) is 11.4 Å². The lowest BCUT2D eigenvalue weighted by molar-refractivity contribution is -0.385. The largest absolute Gasteiger partial charge is 0.495 e. The first kappa shape index (κ1) is 22.1. The molecule has 0 aliphatic carbocycles. The Labute approximate surface area is 178 Å². The van der Waals surface area contributed by atoms with Gasteiger partial charge >= 0.3 is 0 Å². The van der Waals surface area contributed by atoms with Crippen LogP contribution >= 0.6 is 0 Å². The van der Waals surface area contributed by atoms with Crippen molar-refractivity contribution in [2.45, 2.75) is 24.7 Å². The van der Waals surface area contributed by atoms with Crippen LogP contribution in [0.25, 0.3) is 5.69 Å². The number of nitrogens with zero attached hydrogens (tertiary/aromatic N) is 3. The number of rotatable bonds is 7. The van der Waals surface area contributed by atoms with E-state index in [0.29, 0.717) is 11.4 Å². The Hall–Kier alpha value is -3.60. The fourth-order valence-electron chi connectivity index (χ4n) is 3.42. The van der Waals surface area contributed by atoms with Crippen LogP contribution in [0.4, 0.5) is 11.4 Å². The molecule has 1 heterocycles. The maximum absolute atomic E-state index is 13.2. The predicted molar refractivity (Wildman–Crippen MR) is 116 cm³/mol. The van der Waals surface area contributed by atoms with Gasteiger partial charge in [0.05, 0.1) is 23.4 Å². The highest BCUT2D eigenvalue weighted by molar-refractivity contribution is 7.92. The number of ether oxygens (including phenoxy) is 1. The monoisotopic (exact) mass is 446 g/mol. The molecule has 31 heavy (non-hydrogen) atoms. The van der Waals surface area contributed by atoms with Crippen LogP contribution in [0.2, 0.25) is 0 Å². The number of hydrogen-bond acceptors (Lipinski definition) is 6. The molecule has 0 aliphatic heterocycles. The van der Waals surface area contributed by atoms with Gasteiger partial charge in [-0.25, -0.2) is 13.1 Å². The number of hydrogen-bond donors (Lipinski definition) is 1. The topological polar surface area (TPSA) is 125 Å². The molecule has 1 N–H and O–H groups in total. The molecule has 0 spiro atoms. The van der Waals surface area contributed by atoms with Crippen LogP contribution in [0.3, 0.4) is 0 Å². The van der Waals surface area contributed by atoms with Crippen molar-refractivity contribution >= 4 is 21.4 Å². The predicted octanol–water partition coefficient (Wildman–Crippen LogP) is 3.02. The van der Waals surface area contributed by atoms with Crippen molar-refractivity contribution < 1.29 is 18.1 Å². The number of non-ortho nitro benzene ring substituents is 1. The molecule has 11 heteroatoms. The minimum absolute atomic E-state index is 0.0801.